The summed E-state index contributed by atoms with van der Waals surface area (Å²) in [6.45, 7) is 1.45. The van der Waals surface area contributed by atoms with Gasteiger partial charge in [-0.15, -0.1) is 5.01 Å². The van der Waals surface area contributed by atoms with Gasteiger partial charge in [0.1, 0.15) is 0 Å². The Balaban J connectivity index is 1.54. The first-order valence-corrected chi connectivity index (χ1v) is 14.8. The van der Waals surface area contributed by atoms with E-state index in [2.05, 4.69) is 24.7 Å². The number of hydrogen-bond acceptors (Lipinski definition) is 10. The van der Waals surface area contributed by atoms with Gasteiger partial charge in [0.05, 0.1) is 41.9 Å². The normalized spacial score (nSPS) is 12.0. The highest BCUT2D eigenvalue weighted by atomic mass is 32.2. The molecule has 45 heavy (non-hydrogen) atoms. The van der Waals surface area contributed by atoms with Crippen LogP contribution in [-0.2, 0) is 35.3 Å². The molecule has 0 atom stereocenters. The second-order valence-electron chi connectivity index (χ2n) is 9.58. The van der Waals surface area contributed by atoms with Crippen molar-refractivity contribution in [2.24, 2.45) is 5.28 Å². The molecular formula is C27H31F3N6O8S. The van der Waals surface area contributed by atoms with Crippen molar-refractivity contribution in [2.45, 2.75) is 43.7 Å². The molecule has 0 aliphatic heterocycles. The zero-order valence-electron chi connectivity index (χ0n) is 24.5. The number of carbonyl (C=O) groups is 2. The molecule has 0 saturated heterocycles. The fourth-order valence-corrected chi connectivity index (χ4v) is 4.84. The van der Waals surface area contributed by atoms with E-state index in [1.165, 1.54) is 31.3 Å². The van der Waals surface area contributed by atoms with Crippen molar-refractivity contribution < 1.29 is 50.5 Å². The number of benzene rings is 2. The first-order chi connectivity index (χ1) is 21.2. The molecule has 0 aliphatic rings. The molecule has 1 heterocycles. The molecule has 3 rings (SSSR count). The maximum atomic E-state index is 13.5. The summed E-state index contributed by atoms with van der Waals surface area (Å²) in [7, 11) is -1.73. The minimum Gasteiger partial charge on any atom is -0.569 e. The van der Waals surface area contributed by atoms with E-state index >= 15 is 0 Å². The van der Waals surface area contributed by atoms with Gasteiger partial charge in [0.25, 0.3) is 16.8 Å². The van der Waals surface area contributed by atoms with Gasteiger partial charge in [0.2, 0.25) is 11.2 Å². The fraction of sp³-hybridized carbons (Fsp3) is 0.370. The molecule has 1 aromatic heterocycles. The number of halogens is 3. The van der Waals surface area contributed by atoms with Crippen LogP contribution in [0, 0.1) is 12.1 Å². The van der Waals surface area contributed by atoms with E-state index in [1.807, 2.05) is 11.6 Å². The molecule has 0 fully saturated rings. The molecule has 18 heteroatoms. The molecule has 0 radical (unpaired) electrons. The van der Waals surface area contributed by atoms with Gasteiger partial charge in [-0.1, -0.05) is 36.2 Å². The molecule has 0 saturated carbocycles. The van der Waals surface area contributed by atoms with Crippen LogP contribution in [0.15, 0.2) is 64.8 Å². The number of carbonyl (C=O) groups excluding carboxylic acids is 2. The van der Waals surface area contributed by atoms with Crippen molar-refractivity contribution in [3.8, 4) is 16.9 Å². The van der Waals surface area contributed by atoms with E-state index < -0.39 is 40.7 Å². The number of nitrogens with one attached hydrogen (secondary N) is 1. The average molecular weight is 657 g/mol. The van der Waals surface area contributed by atoms with Gasteiger partial charge >= 0.3 is 12.3 Å². The molecule has 0 bridgehead atoms. The highest BCUT2D eigenvalue weighted by Crippen LogP contribution is 2.33. The zero-order valence-corrected chi connectivity index (χ0v) is 25.3. The van der Waals surface area contributed by atoms with Crippen LogP contribution in [-0.4, -0.2) is 67.7 Å². The largest absolute Gasteiger partial charge is 0.569 e. The Morgan fingerprint density at radius 3 is 2.38 bits per heavy atom. The van der Waals surface area contributed by atoms with Crippen molar-refractivity contribution in [3.63, 3.8) is 0 Å². The van der Waals surface area contributed by atoms with Gasteiger partial charge in [-0.05, 0) is 50.1 Å². The molecule has 0 unspecified atom stereocenters. The van der Waals surface area contributed by atoms with Crippen LogP contribution >= 0.6 is 0 Å². The predicted octanol–water partition coefficient (Wildman–Crippen LogP) is 4.71. The first-order valence-electron chi connectivity index (χ1n) is 13.3. The quantitative estimate of drug-likeness (QED) is 0.0641. The minimum atomic E-state index is -4.70. The number of aryl methyl sites for hydroxylation is 1. The second kappa shape index (κ2) is 15.2. The maximum Gasteiger partial charge on any atom is 0.510 e. The smallest absolute Gasteiger partial charge is 0.510 e. The topological polar surface area (TPSA) is 167 Å². The Labute approximate surface area is 256 Å². The fourth-order valence-electron chi connectivity index (χ4n) is 3.83. The summed E-state index contributed by atoms with van der Waals surface area (Å²) in [4.78, 5) is 27.5. The number of amides is 1. The number of hydrazine groups is 1. The lowest BCUT2D eigenvalue weighted by molar-refractivity contribution is -0.706. The number of nitrogens with zero attached hydrogens (tertiary/aromatic N) is 5. The molecular weight excluding hydrogens is 625 g/mol. The number of ether oxygens (including phenoxy) is 2. The standard InChI is InChI=1S/C27H31F3N6O8S/c1-19-8-10-20(11-9-19)23-17-24(27(28,29)30)31-35(23)21-12-14-22(15-13-21)45(40,41)32-25(37)7-5-4-6-16-34(2)36(39)33-44-18-43-26(38)42-3/h8-15,17H,4-7,16,18H2,1-3H3,(H,32,37). The van der Waals surface area contributed by atoms with Crippen molar-refractivity contribution in [1.29, 1.82) is 0 Å². The van der Waals surface area contributed by atoms with Crippen LogP contribution in [0.2, 0.25) is 0 Å². The zero-order chi connectivity index (χ0) is 33.2. The molecule has 0 aliphatic carbocycles. The van der Waals surface area contributed by atoms with E-state index in [4.69, 9.17) is 0 Å². The molecule has 1 N–H and O–H groups in total. The number of unbranched alkanes of at least 4 members (excludes halogenated alkanes) is 2. The summed E-state index contributed by atoms with van der Waals surface area (Å²) in [5.41, 5.74) is 0.637. The molecule has 244 valence electrons. The van der Waals surface area contributed by atoms with E-state index in [0.29, 0.717) is 24.8 Å². The van der Waals surface area contributed by atoms with Crippen LogP contribution in [0.4, 0.5) is 18.0 Å². The average Bonchev–Trinajstić information content (AvgIpc) is 3.45. The van der Waals surface area contributed by atoms with Crippen LogP contribution in [0.25, 0.3) is 16.9 Å². The first kappa shape index (κ1) is 34.6. The Kier molecular flexibility index (Phi) is 11.7. The van der Waals surface area contributed by atoms with Crippen molar-refractivity contribution in [2.75, 3.05) is 27.5 Å². The number of alkyl halides is 3. The van der Waals surface area contributed by atoms with Gasteiger partial charge in [0.15, 0.2) is 5.69 Å². The third-order valence-corrected chi connectivity index (χ3v) is 7.58. The van der Waals surface area contributed by atoms with Crippen molar-refractivity contribution in [3.05, 3.63) is 71.1 Å². The van der Waals surface area contributed by atoms with Crippen molar-refractivity contribution in [1.82, 2.24) is 19.5 Å². The van der Waals surface area contributed by atoms with Gasteiger partial charge in [-0.2, -0.15) is 18.3 Å². The van der Waals surface area contributed by atoms with Gasteiger partial charge in [0, 0.05) is 12.0 Å². The second-order valence-corrected chi connectivity index (χ2v) is 11.3. The Morgan fingerprint density at radius 1 is 1.09 bits per heavy atom. The van der Waals surface area contributed by atoms with E-state index in [0.717, 1.165) is 28.4 Å². The van der Waals surface area contributed by atoms with E-state index in [1.54, 1.807) is 24.3 Å². The molecule has 2 aromatic carbocycles. The Morgan fingerprint density at radius 2 is 1.76 bits per heavy atom. The lowest BCUT2D eigenvalue weighted by Gasteiger charge is -2.12. The Hall–Kier alpha value is -4.87. The summed E-state index contributed by atoms with van der Waals surface area (Å²) in [5, 5.41) is 19.8. The summed E-state index contributed by atoms with van der Waals surface area (Å²) in [6.07, 6.45) is -4.57. The van der Waals surface area contributed by atoms with E-state index in [9.17, 15) is 36.4 Å². The summed E-state index contributed by atoms with van der Waals surface area (Å²) in [6, 6.07) is 12.7. The third-order valence-electron chi connectivity index (χ3n) is 6.19. The monoisotopic (exact) mass is 656 g/mol. The SMILES string of the molecule is COC(=O)OCON=[N+]([O-])N(C)CCCCCC(=O)NS(=O)(=O)c1ccc(-n2nc(C(F)(F)F)cc2-c2ccc(C)cc2)cc1. The number of methoxy groups -OCH3 is 1. The lowest BCUT2D eigenvalue weighted by Crippen LogP contribution is -2.30. The van der Waals surface area contributed by atoms with Gasteiger partial charge in [-0.3, -0.25) is 4.79 Å². The lowest BCUT2D eigenvalue weighted by atomic mass is 10.1. The summed E-state index contributed by atoms with van der Waals surface area (Å²) in [5.74, 6) is -0.754. The van der Waals surface area contributed by atoms with Crippen LogP contribution < -0.4 is 4.72 Å². The molecule has 0 spiro atoms. The van der Waals surface area contributed by atoms with E-state index in [-0.39, 0.29) is 34.2 Å². The maximum absolute atomic E-state index is 13.5. The van der Waals surface area contributed by atoms with Crippen LogP contribution in [0.1, 0.15) is 36.9 Å². The van der Waals surface area contributed by atoms with Crippen LogP contribution in [0.5, 0.6) is 0 Å². The minimum absolute atomic E-state index is 0.117. The van der Waals surface area contributed by atoms with Crippen molar-refractivity contribution >= 4 is 22.1 Å². The summed E-state index contributed by atoms with van der Waals surface area (Å²) >= 11 is 0. The molecule has 3 aromatic rings. The van der Waals surface area contributed by atoms with Gasteiger partial charge in [-0.25, -0.2) is 22.6 Å². The Bertz CT molecular complexity index is 1590. The number of rotatable bonds is 14. The number of aromatic nitrogens is 2. The molecule has 1 amide bonds. The van der Waals surface area contributed by atoms with Gasteiger partial charge < -0.3 is 19.5 Å². The third kappa shape index (κ3) is 10.1. The summed E-state index contributed by atoms with van der Waals surface area (Å²) < 4.78 is 77.6. The molecule has 14 nitrogen and oxygen atoms in total. The highest BCUT2D eigenvalue weighted by Gasteiger charge is 2.35. The predicted molar refractivity (Wildman–Crippen MR) is 151 cm³/mol. The number of hydrogen-bond donors (Lipinski definition) is 1. The number of sulfonamides is 1. The highest BCUT2D eigenvalue weighted by molar-refractivity contribution is 7.90. The van der Waals surface area contributed by atoms with Crippen LogP contribution in [0.3, 0.4) is 0 Å².